The Morgan fingerprint density at radius 1 is 0.759 bits per heavy atom. The fourth-order valence-corrected chi connectivity index (χ4v) is 4.36. The van der Waals surface area contributed by atoms with Crippen molar-refractivity contribution in [1.29, 1.82) is 0 Å². The van der Waals surface area contributed by atoms with E-state index in [1.807, 2.05) is 0 Å². The summed E-state index contributed by atoms with van der Waals surface area (Å²) in [5, 5.41) is 20.5. The Kier molecular flexibility index (Phi) is 7.08. The van der Waals surface area contributed by atoms with Crippen LogP contribution in [0.1, 0.15) is 31.4 Å². The SMILES string of the molecule is CC(C)N1C/C(=C/c2cc(Cl)c(O)c(Cl)c2)C/C(=C\c2cc(Cl)c(O)c(Cl)c2)C1. The van der Waals surface area contributed by atoms with Crippen molar-refractivity contribution < 1.29 is 10.2 Å². The van der Waals surface area contributed by atoms with Crippen LogP contribution < -0.4 is 0 Å². The molecule has 0 amide bonds. The second-order valence-corrected chi connectivity index (χ2v) is 9.08. The van der Waals surface area contributed by atoms with Gasteiger partial charge in [-0.15, -0.1) is 0 Å². The molecule has 7 heteroatoms. The minimum atomic E-state index is -0.107. The van der Waals surface area contributed by atoms with Crippen LogP contribution in [0, 0.1) is 0 Å². The summed E-state index contributed by atoms with van der Waals surface area (Å²) in [7, 11) is 0. The molecule has 0 unspecified atom stereocenters. The normalized spacial score (nSPS) is 18.2. The van der Waals surface area contributed by atoms with Gasteiger partial charge < -0.3 is 10.2 Å². The van der Waals surface area contributed by atoms with Gasteiger partial charge in [0, 0.05) is 19.1 Å². The third-order valence-corrected chi connectivity index (χ3v) is 5.97. The van der Waals surface area contributed by atoms with Crippen LogP contribution in [0.4, 0.5) is 0 Å². The zero-order chi connectivity index (χ0) is 21.3. The van der Waals surface area contributed by atoms with Crippen molar-refractivity contribution in [3.8, 4) is 11.5 Å². The van der Waals surface area contributed by atoms with Gasteiger partial charge in [-0.2, -0.15) is 0 Å². The highest BCUT2D eigenvalue weighted by atomic mass is 35.5. The third kappa shape index (κ3) is 5.42. The Morgan fingerprint density at radius 3 is 1.41 bits per heavy atom. The van der Waals surface area contributed by atoms with E-state index in [9.17, 15) is 10.2 Å². The van der Waals surface area contributed by atoms with Crippen molar-refractivity contribution in [2.75, 3.05) is 13.1 Å². The molecule has 0 aromatic heterocycles. The van der Waals surface area contributed by atoms with Gasteiger partial charge >= 0.3 is 0 Å². The first kappa shape index (κ1) is 22.3. The van der Waals surface area contributed by atoms with E-state index in [1.54, 1.807) is 24.3 Å². The fourth-order valence-electron chi connectivity index (χ4n) is 3.35. The number of piperidine rings is 1. The average molecular weight is 473 g/mol. The highest BCUT2D eigenvalue weighted by Gasteiger charge is 2.21. The van der Waals surface area contributed by atoms with E-state index in [4.69, 9.17) is 46.4 Å². The topological polar surface area (TPSA) is 43.7 Å². The number of rotatable bonds is 3. The van der Waals surface area contributed by atoms with Gasteiger partial charge in [-0.05, 0) is 55.7 Å². The number of hydrogen-bond donors (Lipinski definition) is 2. The van der Waals surface area contributed by atoms with Crippen molar-refractivity contribution in [2.45, 2.75) is 26.3 Å². The van der Waals surface area contributed by atoms with E-state index in [2.05, 4.69) is 30.9 Å². The van der Waals surface area contributed by atoms with E-state index in [-0.39, 0.29) is 31.6 Å². The van der Waals surface area contributed by atoms with Crippen LogP contribution in [-0.4, -0.2) is 34.2 Å². The Balaban J connectivity index is 1.96. The molecule has 1 fully saturated rings. The van der Waals surface area contributed by atoms with Gasteiger partial charge in [-0.1, -0.05) is 69.7 Å². The molecule has 154 valence electrons. The Morgan fingerprint density at radius 2 is 1.10 bits per heavy atom. The summed E-state index contributed by atoms with van der Waals surface area (Å²) in [6.45, 7) is 5.96. The number of benzene rings is 2. The Labute approximate surface area is 190 Å². The zero-order valence-electron chi connectivity index (χ0n) is 16.0. The molecule has 1 aliphatic rings. The third-order valence-electron chi connectivity index (χ3n) is 4.82. The van der Waals surface area contributed by atoms with Crippen molar-refractivity contribution in [3.05, 3.63) is 66.6 Å². The maximum atomic E-state index is 9.78. The van der Waals surface area contributed by atoms with E-state index in [1.165, 1.54) is 11.1 Å². The molecular weight excluding hydrogens is 452 g/mol. The monoisotopic (exact) mass is 471 g/mol. The maximum Gasteiger partial charge on any atom is 0.152 e. The molecule has 0 spiro atoms. The first-order valence-electron chi connectivity index (χ1n) is 9.13. The van der Waals surface area contributed by atoms with E-state index >= 15 is 0 Å². The highest BCUT2D eigenvalue weighted by Crippen LogP contribution is 2.36. The van der Waals surface area contributed by atoms with Crippen molar-refractivity contribution in [1.82, 2.24) is 4.90 Å². The lowest BCUT2D eigenvalue weighted by atomic mass is 9.95. The summed E-state index contributed by atoms with van der Waals surface area (Å²) in [6.07, 6.45) is 4.88. The van der Waals surface area contributed by atoms with Crippen molar-refractivity contribution in [2.24, 2.45) is 0 Å². The Hall–Kier alpha value is -1.36. The van der Waals surface area contributed by atoms with Crippen LogP contribution in [0.5, 0.6) is 11.5 Å². The molecule has 0 radical (unpaired) electrons. The van der Waals surface area contributed by atoms with Gasteiger partial charge in [0.15, 0.2) is 11.5 Å². The predicted molar refractivity (Wildman–Crippen MR) is 124 cm³/mol. The van der Waals surface area contributed by atoms with Gasteiger partial charge in [0.1, 0.15) is 0 Å². The van der Waals surface area contributed by atoms with Crippen molar-refractivity contribution >= 4 is 58.6 Å². The lowest BCUT2D eigenvalue weighted by Gasteiger charge is -2.34. The van der Waals surface area contributed by atoms with Gasteiger partial charge in [0.2, 0.25) is 0 Å². The largest absolute Gasteiger partial charge is 0.505 e. The van der Waals surface area contributed by atoms with Gasteiger partial charge in [0.25, 0.3) is 0 Å². The molecular formula is C22H21Cl4NO2. The predicted octanol–water partition coefficient (Wildman–Crippen LogP) is 7.29. The molecule has 1 aliphatic heterocycles. The molecule has 2 aromatic carbocycles. The first-order chi connectivity index (χ1) is 13.6. The quantitative estimate of drug-likeness (QED) is 0.492. The molecule has 2 aromatic rings. The molecule has 1 saturated heterocycles. The van der Waals surface area contributed by atoms with Crippen molar-refractivity contribution in [3.63, 3.8) is 0 Å². The van der Waals surface area contributed by atoms with Crippen LogP contribution in [0.3, 0.4) is 0 Å². The smallest absolute Gasteiger partial charge is 0.152 e. The van der Waals surface area contributed by atoms with Crippen LogP contribution in [-0.2, 0) is 0 Å². The van der Waals surface area contributed by atoms with Gasteiger partial charge in [0.05, 0.1) is 20.1 Å². The van der Waals surface area contributed by atoms with Crippen LogP contribution in [0.25, 0.3) is 12.2 Å². The minimum Gasteiger partial charge on any atom is -0.505 e. The maximum absolute atomic E-state index is 9.78. The molecule has 0 saturated carbocycles. The molecule has 1 heterocycles. The molecule has 3 nitrogen and oxygen atoms in total. The molecule has 29 heavy (non-hydrogen) atoms. The summed E-state index contributed by atoms with van der Waals surface area (Å²) in [6, 6.07) is 7.17. The molecule has 2 N–H and O–H groups in total. The zero-order valence-corrected chi connectivity index (χ0v) is 19.0. The second kappa shape index (κ2) is 9.20. The molecule has 3 rings (SSSR count). The molecule has 0 atom stereocenters. The molecule has 0 aliphatic carbocycles. The summed E-state index contributed by atoms with van der Waals surface area (Å²) < 4.78 is 0. The summed E-state index contributed by atoms with van der Waals surface area (Å²) in [4.78, 5) is 2.36. The second-order valence-electron chi connectivity index (χ2n) is 7.45. The first-order valence-corrected chi connectivity index (χ1v) is 10.6. The number of hydrogen-bond acceptors (Lipinski definition) is 3. The summed E-state index contributed by atoms with van der Waals surface area (Å²) in [5.74, 6) is -0.214. The van der Waals surface area contributed by atoms with E-state index in [0.717, 1.165) is 30.6 Å². The van der Waals surface area contributed by atoms with Crippen LogP contribution in [0.15, 0.2) is 35.4 Å². The minimum absolute atomic E-state index is 0.107. The summed E-state index contributed by atoms with van der Waals surface area (Å²) >= 11 is 24.3. The number of phenols is 2. The van der Waals surface area contributed by atoms with E-state index in [0.29, 0.717) is 6.04 Å². The van der Waals surface area contributed by atoms with Gasteiger partial charge in [-0.3, -0.25) is 4.90 Å². The summed E-state index contributed by atoms with van der Waals surface area (Å²) in [5.41, 5.74) is 4.08. The average Bonchev–Trinajstić information content (AvgIpc) is 2.63. The number of likely N-dealkylation sites (tertiary alicyclic amines) is 1. The fraction of sp³-hybridized carbons (Fsp3) is 0.273. The van der Waals surface area contributed by atoms with Crippen LogP contribution >= 0.6 is 46.4 Å². The molecule has 0 bridgehead atoms. The standard InChI is InChI=1S/C22H21Cl4NO2/c1-12(2)27-10-15(3-13-6-17(23)21(28)18(24)7-13)5-16(11-27)4-14-8-19(25)22(29)20(26)9-14/h3-4,6-9,12,28-29H,5,10-11H2,1-2H3/b15-3+,16-4+. The van der Waals surface area contributed by atoms with Crippen LogP contribution in [0.2, 0.25) is 20.1 Å². The number of halogens is 4. The lowest BCUT2D eigenvalue weighted by molar-refractivity contribution is 0.246. The Bertz CT molecular complexity index is 877. The lowest BCUT2D eigenvalue weighted by Crippen LogP contribution is -2.37. The number of aromatic hydroxyl groups is 2. The van der Waals surface area contributed by atoms with E-state index < -0.39 is 0 Å². The van der Waals surface area contributed by atoms with Gasteiger partial charge in [-0.25, -0.2) is 0 Å². The number of nitrogens with zero attached hydrogens (tertiary/aromatic N) is 1. The number of phenolic OH excluding ortho intramolecular Hbond substituents is 2. The highest BCUT2D eigenvalue weighted by molar-refractivity contribution is 6.37.